The van der Waals surface area contributed by atoms with E-state index in [1.54, 1.807) is 12.3 Å². The van der Waals surface area contributed by atoms with E-state index >= 15 is 0 Å². The van der Waals surface area contributed by atoms with Crippen LogP contribution in [-0.4, -0.2) is 27.0 Å². The van der Waals surface area contributed by atoms with Crippen molar-refractivity contribution < 1.29 is 9.53 Å². The van der Waals surface area contributed by atoms with Crippen LogP contribution >= 0.6 is 0 Å². The Hall–Kier alpha value is -4.13. The van der Waals surface area contributed by atoms with Crippen molar-refractivity contribution in [3.05, 3.63) is 82.0 Å². The molecule has 1 aliphatic rings. The van der Waals surface area contributed by atoms with Crippen molar-refractivity contribution in [1.82, 2.24) is 14.5 Å². The first-order chi connectivity index (χ1) is 15.1. The molecule has 0 bridgehead atoms. The highest BCUT2D eigenvalue weighted by molar-refractivity contribution is 6.06. The van der Waals surface area contributed by atoms with Gasteiger partial charge in [0.05, 0.1) is 22.3 Å². The molecule has 0 saturated carbocycles. The summed E-state index contributed by atoms with van der Waals surface area (Å²) >= 11 is 0. The molecule has 4 aromatic rings. The van der Waals surface area contributed by atoms with Gasteiger partial charge in [-0.3, -0.25) is 9.36 Å². The third-order valence-electron chi connectivity index (χ3n) is 5.34. The predicted molar refractivity (Wildman–Crippen MR) is 120 cm³/mol. The van der Waals surface area contributed by atoms with Gasteiger partial charge in [0.25, 0.3) is 0 Å². The molecular weight excluding hydrogens is 390 g/mol. The van der Waals surface area contributed by atoms with Crippen molar-refractivity contribution >= 4 is 35.0 Å². The number of carbonyl (C=O) groups is 1. The van der Waals surface area contributed by atoms with E-state index in [1.807, 2.05) is 54.0 Å². The molecule has 0 fully saturated rings. The van der Waals surface area contributed by atoms with Crippen LogP contribution < -0.4 is 21.6 Å². The van der Waals surface area contributed by atoms with Gasteiger partial charge >= 0.3 is 0 Å². The van der Waals surface area contributed by atoms with E-state index in [2.05, 4.69) is 17.4 Å². The van der Waals surface area contributed by atoms with E-state index in [0.29, 0.717) is 30.5 Å². The Morgan fingerprint density at radius 2 is 2.00 bits per heavy atom. The summed E-state index contributed by atoms with van der Waals surface area (Å²) in [5, 5.41) is 5.82. The number of primary amides is 1. The van der Waals surface area contributed by atoms with Gasteiger partial charge in [-0.25, -0.2) is 4.98 Å². The van der Waals surface area contributed by atoms with Crippen LogP contribution in [0.4, 0.5) is 5.82 Å². The van der Waals surface area contributed by atoms with Gasteiger partial charge in [0.15, 0.2) is 0 Å². The topological polar surface area (TPSA) is 95.1 Å². The number of nitrogens with one attached hydrogen (secondary N) is 1. The zero-order valence-corrected chi connectivity index (χ0v) is 17.0. The number of ether oxygens (including phenoxy) is 1. The quantitative estimate of drug-likeness (QED) is 0.524. The van der Waals surface area contributed by atoms with Crippen molar-refractivity contribution in [2.24, 2.45) is 5.73 Å². The molecule has 3 N–H and O–H groups in total. The molecule has 3 heterocycles. The van der Waals surface area contributed by atoms with E-state index in [4.69, 9.17) is 20.4 Å². The number of benzene rings is 2. The molecule has 0 spiro atoms. The number of aromatic nitrogens is 3. The molecule has 7 heteroatoms. The third kappa shape index (κ3) is 3.40. The van der Waals surface area contributed by atoms with Gasteiger partial charge in [-0.1, -0.05) is 36.4 Å². The van der Waals surface area contributed by atoms with E-state index < -0.39 is 5.91 Å². The Kier molecular flexibility index (Phi) is 4.63. The number of nitrogens with zero attached hydrogens (tertiary/aromatic N) is 3. The Balaban J connectivity index is 1.67. The Morgan fingerprint density at radius 1 is 1.16 bits per heavy atom. The summed E-state index contributed by atoms with van der Waals surface area (Å²) in [5.74, 6) is 0.751. The van der Waals surface area contributed by atoms with Crippen molar-refractivity contribution in [2.75, 3.05) is 11.9 Å². The van der Waals surface area contributed by atoms with Crippen LogP contribution in [-0.2, 0) is 11.3 Å². The summed E-state index contributed by atoms with van der Waals surface area (Å²) in [6.07, 6.45) is 3.63. The van der Waals surface area contributed by atoms with Crippen LogP contribution in [0, 0.1) is 6.92 Å². The maximum Gasteiger partial charge on any atom is 0.249 e. The smallest absolute Gasteiger partial charge is 0.249 e. The van der Waals surface area contributed by atoms with Gasteiger partial charge < -0.3 is 15.8 Å². The van der Waals surface area contributed by atoms with Gasteiger partial charge in [0.1, 0.15) is 12.4 Å². The van der Waals surface area contributed by atoms with E-state index in [0.717, 1.165) is 32.7 Å². The molecule has 0 unspecified atom stereocenters. The fourth-order valence-corrected chi connectivity index (χ4v) is 3.86. The van der Waals surface area contributed by atoms with Crippen LogP contribution in [0.5, 0.6) is 0 Å². The monoisotopic (exact) mass is 411 g/mol. The SMILES string of the molecule is Cc1cc2c(C(N)=O)cccc2n1-c1nc(NCc2ccccc2)c2c(n1)=CCOC=2. The van der Waals surface area contributed by atoms with Gasteiger partial charge in [-0.2, -0.15) is 4.98 Å². The molecule has 0 saturated heterocycles. The number of rotatable bonds is 5. The summed E-state index contributed by atoms with van der Waals surface area (Å²) in [4.78, 5) is 21.5. The summed E-state index contributed by atoms with van der Waals surface area (Å²) < 4.78 is 7.44. The average molecular weight is 411 g/mol. The number of anilines is 1. The number of amides is 1. The van der Waals surface area contributed by atoms with Crippen LogP contribution in [0.3, 0.4) is 0 Å². The van der Waals surface area contributed by atoms with Crippen LogP contribution in [0.15, 0.2) is 54.6 Å². The molecule has 0 atom stereocenters. The van der Waals surface area contributed by atoms with Crippen molar-refractivity contribution in [1.29, 1.82) is 0 Å². The molecule has 0 aliphatic carbocycles. The standard InChI is InChI=1S/C24H21N5O2/c1-15-12-18-17(22(25)30)8-5-9-21(18)29(15)24-27-20-10-11-31-14-19(20)23(28-24)26-13-16-6-3-2-4-7-16/h2-10,12,14H,11,13H2,1H3,(H2,25,30)(H,26,27,28). The zero-order chi connectivity index (χ0) is 21.4. The van der Waals surface area contributed by atoms with E-state index in [1.165, 1.54) is 0 Å². The Morgan fingerprint density at radius 3 is 2.81 bits per heavy atom. The number of aryl methyl sites for hydroxylation is 1. The molecule has 1 aliphatic heterocycles. The van der Waals surface area contributed by atoms with E-state index in [-0.39, 0.29) is 0 Å². The second-order valence-electron chi connectivity index (χ2n) is 7.39. The number of hydrogen-bond donors (Lipinski definition) is 2. The lowest BCUT2D eigenvalue weighted by Gasteiger charge is -2.13. The fourth-order valence-electron chi connectivity index (χ4n) is 3.86. The minimum absolute atomic E-state index is 0.457. The highest BCUT2D eigenvalue weighted by Crippen LogP contribution is 2.25. The fraction of sp³-hybridized carbons (Fsp3) is 0.125. The Labute approximate surface area is 178 Å². The summed E-state index contributed by atoms with van der Waals surface area (Å²) in [6, 6.07) is 17.5. The highest BCUT2D eigenvalue weighted by atomic mass is 16.5. The molecular formula is C24H21N5O2. The van der Waals surface area contributed by atoms with Gasteiger partial charge in [0.2, 0.25) is 11.9 Å². The molecule has 154 valence electrons. The summed E-state index contributed by atoms with van der Waals surface area (Å²) in [7, 11) is 0. The molecule has 2 aromatic carbocycles. The zero-order valence-electron chi connectivity index (χ0n) is 17.0. The summed E-state index contributed by atoms with van der Waals surface area (Å²) in [5.41, 5.74) is 8.94. The maximum absolute atomic E-state index is 11.9. The molecule has 1 amide bonds. The molecule has 2 aromatic heterocycles. The minimum atomic E-state index is -0.459. The van der Waals surface area contributed by atoms with E-state index in [9.17, 15) is 4.79 Å². The second-order valence-corrected chi connectivity index (χ2v) is 7.39. The Bertz CT molecular complexity index is 1420. The van der Waals surface area contributed by atoms with Crippen molar-refractivity contribution in [2.45, 2.75) is 13.5 Å². The minimum Gasteiger partial charge on any atom is -0.496 e. The van der Waals surface area contributed by atoms with Gasteiger partial charge in [0, 0.05) is 23.2 Å². The van der Waals surface area contributed by atoms with Crippen LogP contribution in [0.1, 0.15) is 21.6 Å². The second kappa shape index (κ2) is 7.60. The van der Waals surface area contributed by atoms with Crippen LogP contribution in [0.2, 0.25) is 0 Å². The molecule has 0 radical (unpaired) electrons. The first-order valence-corrected chi connectivity index (χ1v) is 10.0. The maximum atomic E-state index is 11.9. The van der Waals surface area contributed by atoms with Crippen molar-refractivity contribution in [3.63, 3.8) is 0 Å². The summed E-state index contributed by atoms with van der Waals surface area (Å²) in [6.45, 7) is 3.04. The number of carbonyl (C=O) groups excluding carboxylic acids is 1. The highest BCUT2D eigenvalue weighted by Gasteiger charge is 2.16. The third-order valence-corrected chi connectivity index (χ3v) is 5.34. The average Bonchev–Trinajstić information content (AvgIpc) is 3.13. The lowest BCUT2D eigenvalue weighted by molar-refractivity contribution is 0.100. The van der Waals surface area contributed by atoms with Crippen LogP contribution in [0.25, 0.3) is 29.2 Å². The van der Waals surface area contributed by atoms with Crippen molar-refractivity contribution in [3.8, 4) is 5.95 Å². The predicted octanol–water partition coefficient (Wildman–Crippen LogP) is 1.99. The number of nitrogens with two attached hydrogens (primary N) is 1. The molecule has 7 nitrogen and oxygen atoms in total. The first-order valence-electron chi connectivity index (χ1n) is 10.0. The lowest BCUT2D eigenvalue weighted by atomic mass is 10.1. The van der Waals surface area contributed by atoms with Gasteiger partial charge in [-0.05, 0) is 36.8 Å². The normalized spacial score (nSPS) is 12.4. The molecule has 5 rings (SSSR count). The molecule has 31 heavy (non-hydrogen) atoms. The number of fused-ring (bicyclic) bond motifs is 2. The lowest BCUT2D eigenvalue weighted by Crippen LogP contribution is -2.36. The van der Waals surface area contributed by atoms with Gasteiger partial charge in [-0.15, -0.1) is 0 Å². The largest absolute Gasteiger partial charge is 0.496 e. The first kappa shape index (κ1) is 18.9. The number of hydrogen-bond acceptors (Lipinski definition) is 5.